The van der Waals surface area contributed by atoms with Crippen LogP contribution in [0.2, 0.25) is 0 Å². The maximum absolute atomic E-state index is 14.6. The highest BCUT2D eigenvalue weighted by molar-refractivity contribution is 5.68. The second-order valence-electron chi connectivity index (χ2n) is 7.25. The third-order valence-corrected chi connectivity index (χ3v) is 5.44. The quantitative estimate of drug-likeness (QED) is 0.470. The summed E-state index contributed by atoms with van der Waals surface area (Å²) in [7, 11) is 2.91. The minimum absolute atomic E-state index is 0.0320. The van der Waals surface area contributed by atoms with Gasteiger partial charge < -0.3 is 9.47 Å². The standard InChI is InChI=1S/C21H15F2N7O2/c1-31-20-14(8-25-21(28-20)32-2)17-6-13(19-26-9-27-30(19)29-17)11-5-12(11)18-15(22)3-10(7-24)4-16(18)23/h3-4,6,8-9,11-12H,5H2,1-2H3/t11-,12?/m0/s1. The van der Waals surface area contributed by atoms with Crippen LogP contribution in [0.4, 0.5) is 8.78 Å². The van der Waals surface area contributed by atoms with Gasteiger partial charge in [0.15, 0.2) is 5.65 Å². The third kappa shape index (κ3) is 3.17. The number of rotatable bonds is 5. The predicted octanol–water partition coefficient (Wildman–Crippen LogP) is 3.02. The highest BCUT2D eigenvalue weighted by atomic mass is 19.1. The van der Waals surface area contributed by atoms with Gasteiger partial charge in [0.2, 0.25) is 5.88 Å². The molecule has 160 valence electrons. The minimum Gasteiger partial charge on any atom is -0.480 e. The number of nitriles is 1. The molecule has 0 saturated heterocycles. The number of hydrogen-bond acceptors (Lipinski definition) is 8. The zero-order valence-electron chi connectivity index (χ0n) is 17.0. The van der Waals surface area contributed by atoms with Crippen LogP contribution in [0.15, 0.2) is 30.7 Å². The molecule has 3 aromatic heterocycles. The van der Waals surface area contributed by atoms with E-state index in [4.69, 9.17) is 14.7 Å². The second kappa shape index (κ2) is 7.49. The fourth-order valence-electron chi connectivity index (χ4n) is 3.89. The maximum atomic E-state index is 14.6. The summed E-state index contributed by atoms with van der Waals surface area (Å²) in [5.41, 5.74) is 2.10. The van der Waals surface area contributed by atoms with Crippen molar-refractivity contribution in [2.75, 3.05) is 14.2 Å². The fraction of sp³-hybridized carbons (Fsp3) is 0.238. The Labute approximate surface area is 180 Å². The van der Waals surface area contributed by atoms with Gasteiger partial charge in [-0.05, 0) is 36.5 Å². The van der Waals surface area contributed by atoms with Crippen molar-refractivity contribution in [1.82, 2.24) is 29.8 Å². The number of fused-ring (bicyclic) bond motifs is 1. The Hall–Kier alpha value is -4.20. The lowest BCUT2D eigenvalue weighted by atomic mass is 10.0. The number of ether oxygens (including phenoxy) is 2. The molecule has 9 nitrogen and oxygen atoms in total. The largest absolute Gasteiger partial charge is 0.480 e. The van der Waals surface area contributed by atoms with Crippen LogP contribution in [0.25, 0.3) is 16.9 Å². The van der Waals surface area contributed by atoms with Crippen molar-refractivity contribution in [3.05, 3.63) is 59.0 Å². The van der Waals surface area contributed by atoms with Crippen molar-refractivity contribution in [3.8, 4) is 29.2 Å². The molecule has 1 aliphatic rings. The second-order valence-corrected chi connectivity index (χ2v) is 7.25. The highest BCUT2D eigenvalue weighted by Gasteiger charge is 2.44. The van der Waals surface area contributed by atoms with Crippen molar-refractivity contribution in [1.29, 1.82) is 5.26 Å². The molecule has 1 fully saturated rings. The predicted molar refractivity (Wildman–Crippen MR) is 106 cm³/mol. The summed E-state index contributed by atoms with van der Waals surface area (Å²) in [4.78, 5) is 12.6. The van der Waals surface area contributed by atoms with E-state index in [1.165, 1.54) is 31.4 Å². The van der Waals surface area contributed by atoms with E-state index in [0.717, 1.165) is 17.7 Å². The molecule has 0 N–H and O–H groups in total. The molecule has 5 rings (SSSR count). The molecule has 0 spiro atoms. The molecule has 11 heteroatoms. The van der Waals surface area contributed by atoms with Gasteiger partial charge in [0.1, 0.15) is 23.7 Å². The molecule has 4 aromatic rings. The molecule has 0 bridgehead atoms. The van der Waals surface area contributed by atoms with E-state index >= 15 is 0 Å². The zero-order valence-corrected chi connectivity index (χ0v) is 17.0. The van der Waals surface area contributed by atoms with Crippen LogP contribution in [-0.2, 0) is 0 Å². The molecular formula is C21H15F2N7O2. The van der Waals surface area contributed by atoms with E-state index in [-0.39, 0.29) is 28.9 Å². The lowest BCUT2D eigenvalue weighted by Crippen LogP contribution is -2.04. The molecule has 1 aliphatic carbocycles. The van der Waals surface area contributed by atoms with Gasteiger partial charge in [-0.2, -0.15) is 10.2 Å². The van der Waals surface area contributed by atoms with Crippen LogP contribution in [0.1, 0.15) is 34.9 Å². The average molecular weight is 435 g/mol. The smallest absolute Gasteiger partial charge is 0.319 e. The van der Waals surface area contributed by atoms with E-state index in [0.29, 0.717) is 23.3 Å². The summed E-state index contributed by atoms with van der Waals surface area (Å²) in [6.45, 7) is 0. The van der Waals surface area contributed by atoms with Crippen molar-refractivity contribution in [2.24, 2.45) is 0 Å². The van der Waals surface area contributed by atoms with Gasteiger partial charge in [-0.1, -0.05) is 0 Å². The molecule has 2 atom stereocenters. The molecular weight excluding hydrogens is 420 g/mol. The summed E-state index contributed by atoms with van der Waals surface area (Å²) in [6, 6.07) is 5.79. The van der Waals surface area contributed by atoms with Crippen molar-refractivity contribution < 1.29 is 18.3 Å². The van der Waals surface area contributed by atoms with Gasteiger partial charge in [0.05, 0.1) is 31.4 Å². The summed E-state index contributed by atoms with van der Waals surface area (Å²) in [5.74, 6) is -1.80. The number of nitrogens with zero attached hydrogens (tertiary/aromatic N) is 7. The van der Waals surface area contributed by atoms with Crippen LogP contribution in [0.5, 0.6) is 11.9 Å². The lowest BCUT2D eigenvalue weighted by Gasteiger charge is -2.10. The Morgan fingerprint density at radius 2 is 1.88 bits per heavy atom. The SMILES string of the molecule is COc1ncc(-c2cc([C@H]3CC3c3c(F)cc(C#N)cc3F)c3ncnn3n2)c(OC)n1. The third-order valence-electron chi connectivity index (χ3n) is 5.44. The van der Waals surface area contributed by atoms with Gasteiger partial charge in [0, 0.05) is 17.3 Å². The van der Waals surface area contributed by atoms with E-state index in [1.807, 2.05) is 0 Å². The highest BCUT2D eigenvalue weighted by Crippen LogP contribution is 2.56. The van der Waals surface area contributed by atoms with Crippen molar-refractivity contribution in [2.45, 2.75) is 18.3 Å². The minimum atomic E-state index is -0.731. The molecule has 32 heavy (non-hydrogen) atoms. The molecule has 1 aromatic carbocycles. The average Bonchev–Trinajstić information content (AvgIpc) is 3.42. The Morgan fingerprint density at radius 1 is 1.09 bits per heavy atom. The molecule has 1 unspecified atom stereocenters. The molecule has 0 radical (unpaired) electrons. The first kappa shape index (κ1) is 19.7. The van der Waals surface area contributed by atoms with Crippen LogP contribution in [0.3, 0.4) is 0 Å². The first-order valence-electron chi connectivity index (χ1n) is 9.59. The first-order chi connectivity index (χ1) is 15.5. The fourth-order valence-corrected chi connectivity index (χ4v) is 3.89. The van der Waals surface area contributed by atoms with Gasteiger partial charge in [-0.15, -0.1) is 14.8 Å². The normalized spacial score (nSPS) is 17.2. The van der Waals surface area contributed by atoms with E-state index in [2.05, 4.69) is 25.1 Å². The van der Waals surface area contributed by atoms with Gasteiger partial charge in [0.25, 0.3) is 0 Å². The molecule has 0 aliphatic heterocycles. The Kier molecular flexibility index (Phi) is 4.62. The lowest BCUT2D eigenvalue weighted by molar-refractivity contribution is 0.353. The number of benzene rings is 1. The number of halogens is 2. The van der Waals surface area contributed by atoms with Crippen molar-refractivity contribution >= 4 is 5.65 Å². The van der Waals surface area contributed by atoms with Gasteiger partial charge >= 0.3 is 6.01 Å². The van der Waals surface area contributed by atoms with Crippen LogP contribution in [0, 0.1) is 23.0 Å². The van der Waals surface area contributed by atoms with E-state index in [1.54, 1.807) is 12.1 Å². The molecule has 0 amide bonds. The summed E-state index contributed by atoms with van der Waals surface area (Å²) < 4.78 is 40.9. The zero-order chi connectivity index (χ0) is 22.4. The number of aromatic nitrogens is 6. The van der Waals surface area contributed by atoms with Crippen LogP contribution < -0.4 is 9.47 Å². The maximum Gasteiger partial charge on any atom is 0.319 e. The molecule has 3 heterocycles. The van der Waals surface area contributed by atoms with E-state index in [9.17, 15) is 8.78 Å². The van der Waals surface area contributed by atoms with Gasteiger partial charge in [-0.3, -0.25) is 0 Å². The van der Waals surface area contributed by atoms with E-state index < -0.39 is 17.6 Å². The Morgan fingerprint density at radius 3 is 2.56 bits per heavy atom. The summed E-state index contributed by atoms with van der Waals surface area (Å²) in [5, 5.41) is 17.5. The number of hydrogen-bond donors (Lipinski definition) is 0. The monoisotopic (exact) mass is 435 g/mol. The van der Waals surface area contributed by atoms with Crippen LogP contribution >= 0.6 is 0 Å². The Balaban J connectivity index is 1.59. The summed E-state index contributed by atoms with van der Waals surface area (Å²) in [6.07, 6.45) is 3.39. The topological polar surface area (TPSA) is 111 Å². The Bertz CT molecular complexity index is 1380. The molecule has 1 saturated carbocycles. The first-order valence-corrected chi connectivity index (χ1v) is 9.59. The van der Waals surface area contributed by atoms with Crippen LogP contribution in [-0.4, -0.2) is 44.0 Å². The summed E-state index contributed by atoms with van der Waals surface area (Å²) >= 11 is 0. The number of methoxy groups -OCH3 is 2. The van der Waals surface area contributed by atoms with Gasteiger partial charge in [-0.25, -0.2) is 18.7 Å². The van der Waals surface area contributed by atoms with Crippen molar-refractivity contribution in [3.63, 3.8) is 0 Å².